The summed E-state index contributed by atoms with van der Waals surface area (Å²) in [4.78, 5) is 15.8. The van der Waals surface area contributed by atoms with Gasteiger partial charge in [0.1, 0.15) is 6.26 Å². The Bertz CT molecular complexity index is 429. The minimum absolute atomic E-state index is 0.0637. The molecule has 0 saturated carbocycles. The van der Waals surface area contributed by atoms with E-state index < -0.39 is 0 Å². The molecule has 0 saturated heterocycles. The number of aryl methyl sites for hydroxylation is 1. The second kappa shape index (κ2) is 3.46. The van der Waals surface area contributed by atoms with Crippen LogP contribution in [0.2, 0.25) is 0 Å². The summed E-state index contributed by atoms with van der Waals surface area (Å²) in [5.41, 5.74) is 2.03. The normalized spacial score (nSPS) is 10.1. The van der Waals surface area contributed by atoms with E-state index in [1.807, 2.05) is 13.0 Å². The molecule has 0 amide bonds. The first-order valence-electron chi connectivity index (χ1n) is 4.27. The molecule has 70 valence electrons. The second-order valence-corrected chi connectivity index (χ2v) is 3.03. The van der Waals surface area contributed by atoms with E-state index in [2.05, 4.69) is 4.98 Å². The molecular formula is C11H9NO2. The van der Waals surface area contributed by atoms with Crippen LogP contribution in [0.25, 0.3) is 0 Å². The zero-order valence-electron chi connectivity index (χ0n) is 7.73. The molecule has 2 aromatic rings. The van der Waals surface area contributed by atoms with E-state index in [0.29, 0.717) is 11.1 Å². The zero-order chi connectivity index (χ0) is 9.97. The summed E-state index contributed by atoms with van der Waals surface area (Å²) in [6.07, 6.45) is 4.49. The van der Waals surface area contributed by atoms with Crippen LogP contribution in [-0.4, -0.2) is 10.8 Å². The highest BCUT2D eigenvalue weighted by atomic mass is 16.3. The molecule has 0 aliphatic heterocycles. The lowest BCUT2D eigenvalue weighted by atomic mass is 10.1. The van der Waals surface area contributed by atoms with Crippen molar-refractivity contribution in [2.75, 3.05) is 0 Å². The molecule has 0 aliphatic rings. The maximum atomic E-state index is 11.7. The fraction of sp³-hybridized carbons (Fsp3) is 0.0909. The number of ketones is 1. The van der Waals surface area contributed by atoms with Gasteiger partial charge in [0.25, 0.3) is 0 Å². The average Bonchev–Trinajstić information content (AvgIpc) is 2.71. The van der Waals surface area contributed by atoms with E-state index in [1.54, 1.807) is 18.3 Å². The summed E-state index contributed by atoms with van der Waals surface area (Å²) in [6.45, 7) is 1.88. The molecule has 0 spiro atoms. The lowest BCUT2D eigenvalue weighted by molar-refractivity contribution is 0.103. The number of nitrogens with zero attached hydrogens (tertiary/aromatic N) is 1. The Morgan fingerprint density at radius 1 is 1.29 bits per heavy atom. The van der Waals surface area contributed by atoms with Crippen molar-refractivity contribution >= 4 is 5.78 Å². The number of pyridine rings is 1. The average molecular weight is 187 g/mol. The van der Waals surface area contributed by atoms with Crippen LogP contribution in [-0.2, 0) is 0 Å². The highest BCUT2D eigenvalue weighted by Gasteiger charge is 2.09. The number of aromatic nitrogens is 1. The molecule has 14 heavy (non-hydrogen) atoms. The molecule has 3 heteroatoms. The number of furan rings is 1. The monoisotopic (exact) mass is 187 g/mol. The second-order valence-electron chi connectivity index (χ2n) is 3.03. The first kappa shape index (κ1) is 8.69. The van der Waals surface area contributed by atoms with Gasteiger partial charge in [-0.25, -0.2) is 0 Å². The minimum atomic E-state index is -0.0637. The van der Waals surface area contributed by atoms with Gasteiger partial charge in [0.2, 0.25) is 0 Å². The smallest absolute Gasteiger partial charge is 0.197 e. The third-order valence-corrected chi connectivity index (χ3v) is 1.96. The van der Waals surface area contributed by atoms with Crippen molar-refractivity contribution in [1.82, 2.24) is 4.98 Å². The van der Waals surface area contributed by atoms with Crippen LogP contribution < -0.4 is 0 Å². The molecule has 2 heterocycles. The van der Waals surface area contributed by atoms with Crippen LogP contribution in [0.3, 0.4) is 0 Å². The molecule has 2 aromatic heterocycles. The number of rotatable bonds is 2. The maximum Gasteiger partial charge on any atom is 0.197 e. The molecule has 3 nitrogen and oxygen atoms in total. The van der Waals surface area contributed by atoms with Gasteiger partial charge in [0.05, 0.1) is 11.8 Å². The molecule has 0 radical (unpaired) electrons. The number of carbonyl (C=O) groups is 1. The lowest BCUT2D eigenvalue weighted by Gasteiger charge is -1.97. The SMILES string of the molecule is Cc1ccc(C(=O)c2ccoc2)cn1. The van der Waals surface area contributed by atoms with Crippen LogP contribution in [0, 0.1) is 6.92 Å². The first-order valence-corrected chi connectivity index (χ1v) is 4.27. The van der Waals surface area contributed by atoms with Gasteiger partial charge in [-0.3, -0.25) is 9.78 Å². The summed E-state index contributed by atoms with van der Waals surface area (Å²) in [7, 11) is 0. The fourth-order valence-electron chi connectivity index (χ4n) is 1.16. The third-order valence-electron chi connectivity index (χ3n) is 1.96. The van der Waals surface area contributed by atoms with Crippen LogP contribution >= 0.6 is 0 Å². The standard InChI is InChI=1S/C11H9NO2/c1-8-2-3-9(6-12-8)11(13)10-4-5-14-7-10/h2-7H,1H3. The van der Waals surface area contributed by atoms with Gasteiger partial charge >= 0.3 is 0 Å². The summed E-state index contributed by atoms with van der Waals surface area (Å²) >= 11 is 0. The Hall–Kier alpha value is -1.90. The van der Waals surface area contributed by atoms with Crippen molar-refractivity contribution in [2.24, 2.45) is 0 Å². The van der Waals surface area contributed by atoms with Crippen LogP contribution in [0.4, 0.5) is 0 Å². The maximum absolute atomic E-state index is 11.7. The Morgan fingerprint density at radius 2 is 2.14 bits per heavy atom. The molecule has 0 bridgehead atoms. The van der Waals surface area contributed by atoms with Crippen molar-refractivity contribution in [3.05, 3.63) is 53.7 Å². The largest absolute Gasteiger partial charge is 0.472 e. The van der Waals surface area contributed by atoms with Gasteiger partial charge in [0.15, 0.2) is 5.78 Å². The molecule has 0 aromatic carbocycles. The number of hydrogen-bond donors (Lipinski definition) is 0. The van der Waals surface area contributed by atoms with E-state index in [9.17, 15) is 4.79 Å². The zero-order valence-corrected chi connectivity index (χ0v) is 7.73. The van der Waals surface area contributed by atoms with Gasteiger partial charge in [-0.15, -0.1) is 0 Å². The van der Waals surface area contributed by atoms with Gasteiger partial charge in [0, 0.05) is 17.5 Å². The first-order chi connectivity index (χ1) is 6.77. The van der Waals surface area contributed by atoms with E-state index in [1.165, 1.54) is 12.5 Å². The van der Waals surface area contributed by atoms with Crippen molar-refractivity contribution in [3.63, 3.8) is 0 Å². The predicted molar refractivity (Wildman–Crippen MR) is 51.1 cm³/mol. The lowest BCUT2D eigenvalue weighted by Crippen LogP contribution is -2.00. The highest BCUT2D eigenvalue weighted by molar-refractivity contribution is 6.08. The minimum Gasteiger partial charge on any atom is -0.472 e. The Labute approximate surface area is 81.4 Å². The quantitative estimate of drug-likeness (QED) is 0.677. The highest BCUT2D eigenvalue weighted by Crippen LogP contribution is 2.09. The Balaban J connectivity index is 2.33. The van der Waals surface area contributed by atoms with Gasteiger partial charge < -0.3 is 4.42 Å². The number of carbonyl (C=O) groups excluding carboxylic acids is 1. The molecule has 0 N–H and O–H groups in total. The van der Waals surface area contributed by atoms with Crippen molar-refractivity contribution in [2.45, 2.75) is 6.92 Å². The molecular weight excluding hydrogens is 178 g/mol. The Morgan fingerprint density at radius 3 is 2.71 bits per heavy atom. The Kier molecular flexibility index (Phi) is 2.14. The molecule has 0 atom stereocenters. The predicted octanol–water partition coefficient (Wildman–Crippen LogP) is 2.21. The summed E-state index contributed by atoms with van der Waals surface area (Å²) in [5, 5.41) is 0. The van der Waals surface area contributed by atoms with Crippen LogP contribution in [0.5, 0.6) is 0 Å². The molecule has 0 aliphatic carbocycles. The van der Waals surface area contributed by atoms with Crippen LogP contribution in [0.15, 0.2) is 41.3 Å². The van der Waals surface area contributed by atoms with E-state index in [4.69, 9.17) is 4.42 Å². The summed E-state index contributed by atoms with van der Waals surface area (Å²) < 4.78 is 4.84. The van der Waals surface area contributed by atoms with E-state index >= 15 is 0 Å². The summed E-state index contributed by atoms with van der Waals surface area (Å²) in [5.74, 6) is -0.0637. The van der Waals surface area contributed by atoms with Crippen molar-refractivity contribution < 1.29 is 9.21 Å². The summed E-state index contributed by atoms with van der Waals surface area (Å²) in [6, 6.07) is 5.22. The van der Waals surface area contributed by atoms with Crippen LogP contribution in [0.1, 0.15) is 21.6 Å². The third kappa shape index (κ3) is 1.57. The van der Waals surface area contributed by atoms with E-state index in [0.717, 1.165) is 5.69 Å². The molecule has 0 fully saturated rings. The van der Waals surface area contributed by atoms with Crippen molar-refractivity contribution in [3.8, 4) is 0 Å². The number of hydrogen-bond acceptors (Lipinski definition) is 3. The van der Waals surface area contributed by atoms with Gasteiger partial charge in [-0.05, 0) is 25.1 Å². The van der Waals surface area contributed by atoms with Crippen molar-refractivity contribution in [1.29, 1.82) is 0 Å². The fourth-order valence-corrected chi connectivity index (χ4v) is 1.16. The van der Waals surface area contributed by atoms with Gasteiger partial charge in [-0.1, -0.05) is 0 Å². The van der Waals surface area contributed by atoms with E-state index in [-0.39, 0.29) is 5.78 Å². The molecule has 2 rings (SSSR count). The molecule has 0 unspecified atom stereocenters. The topological polar surface area (TPSA) is 43.1 Å². The van der Waals surface area contributed by atoms with Gasteiger partial charge in [-0.2, -0.15) is 0 Å².